The van der Waals surface area contributed by atoms with Crippen molar-refractivity contribution in [2.24, 2.45) is 0 Å². The molecule has 0 saturated heterocycles. The monoisotopic (exact) mass is 559 g/mol. The molecule has 2 heterocycles. The molecule has 0 aliphatic heterocycles. The van der Waals surface area contributed by atoms with Gasteiger partial charge >= 0.3 is 0 Å². The highest BCUT2D eigenvalue weighted by atomic mass is 32.2. The van der Waals surface area contributed by atoms with Gasteiger partial charge in [-0.3, -0.25) is 4.31 Å². The third kappa shape index (κ3) is 4.86. The lowest BCUT2D eigenvalue weighted by atomic mass is 10.0. The average Bonchev–Trinajstić information content (AvgIpc) is 3.63. The van der Waals surface area contributed by atoms with E-state index in [1.165, 1.54) is 22.7 Å². The van der Waals surface area contributed by atoms with Crippen molar-refractivity contribution >= 4 is 26.7 Å². The van der Waals surface area contributed by atoms with Crippen molar-refractivity contribution in [2.45, 2.75) is 39.2 Å². The van der Waals surface area contributed by atoms with E-state index in [-0.39, 0.29) is 18.3 Å². The Balaban J connectivity index is 1.57. The Morgan fingerprint density at radius 2 is 1.77 bits per heavy atom. The third-order valence-electron chi connectivity index (χ3n) is 7.48. The smallest absolute Gasteiger partial charge is 0.232 e. The maximum atomic E-state index is 13.8. The van der Waals surface area contributed by atoms with Crippen molar-refractivity contribution in [1.29, 1.82) is 0 Å². The lowest BCUT2D eigenvalue weighted by Crippen LogP contribution is -2.30. The first kappa shape index (κ1) is 26.1. The molecule has 0 radical (unpaired) electrons. The van der Waals surface area contributed by atoms with Crippen molar-refractivity contribution in [3.05, 3.63) is 89.0 Å². The van der Waals surface area contributed by atoms with Crippen LogP contribution in [0.3, 0.4) is 0 Å². The summed E-state index contributed by atoms with van der Waals surface area (Å²) in [5.41, 5.74) is 6.21. The molecule has 0 atom stereocenters. The molecule has 5 aromatic rings. The Hall–Kier alpha value is -4.11. The molecule has 1 saturated carbocycles. The summed E-state index contributed by atoms with van der Waals surface area (Å²) in [6, 6.07) is 17.4. The molecule has 1 aliphatic carbocycles. The molecular weight excluding hydrogens is 529 g/mol. The Morgan fingerprint density at radius 3 is 2.35 bits per heavy atom. The van der Waals surface area contributed by atoms with Crippen LogP contribution in [0.2, 0.25) is 0 Å². The van der Waals surface area contributed by atoms with Crippen LogP contribution in [0.4, 0.5) is 10.1 Å². The van der Waals surface area contributed by atoms with Crippen molar-refractivity contribution in [1.82, 2.24) is 9.97 Å². The second-order valence-electron chi connectivity index (χ2n) is 10.4. The predicted octanol–water partition coefficient (Wildman–Crippen LogP) is 7.10. The Bertz CT molecular complexity index is 1800. The number of aromatic nitrogens is 2. The van der Waals surface area contributed by atoms with Gasteiger partial charge in [-0.1, -0.05) is 12.1 Å². The maximum absolute atomic E-state index is 13.8. The zero-order valence-electron chi connectivity index (χ0n) is 22.8. The van der Waals surface area contributed by atoms with Crippen LogP contribution >= 0.6 is 0 Å². The number of hydrogen-bond donors (Lipinski definition) is 1. The van der Waals surface area contributed by atoms with Gasteiger partial charge in [-0.25, -0.2) is 17.8 Å². The van der Waals surface area contributed by atoms with Gasteiger partial charge < -0.3 is 14.1 Å². The summed E-state index contributed by atoms with van der Waals surface area (Å²) in [7, 11) is -2.05. The SMILES string of the molecule is COc1ccc(CN(c2cc3oc(-c4ccc(F)cc4)c(-c4nc(C)c(C)[nH]4)c3cc2C2CC2)S(C)(=O)=O)cc1. The van der Waals surface area contributed by atoms with Gasteiger partial charge in [0.1, 0.15) is 28.7 Å². The highest BCUT2D eigenvalue weighted by Crippen LogP contribution is 2.49. The van der Waals surface area contributed by atoms with Gasteiger partial charge in [0, 0.05) is 22.7 Å². The van der Waals surface area contributed by atoms with E-state index in [2.05, 4.69) is 4.98 Å². The number of benzene rings is 3. The molecule has 6 rings (SSSR count). The van der Waals surface area contributed by atoms with E-state index in [9.17, 15) is 12.8 Å². The number of ether oxygens (including phenoxy) is 1. The molecule has 0 amide bonds. The first-order valence-electron chi connectivity index (χ1n) is 13.1. The number of hydrogen-bond acceptors (Lipinski definition) is 5. The molecule has 1 aliphatic rings. The molecule has 0 unspecified atom stereocenters. The van der Waals surface area contributed by atoms with Crippen LogP contribution in [0, 0.1) is 19.7 Å². The number of nitrogens with one attached hydrogen (secondary N) is 1. The number of imidazole rings is 1. The van der Waals surface area contributed by atoms with Crippen LogP contribution in [0.5, 0.6) is 5.75 Å². The third-order valence-corrected chi connectivity index (χ3v) is 8.61. The fourth-order valence-corrected chi connectivity index (χ4v) is 5.97. The van der Waals surface area contributed by atoms with Crippen molar-refractivity contribution in [2.75, 3.05) is 17.7 Å². The summed E-state index contributed by atoms with van der Waals surface area (Å²) in [6.07, 6.45) is 3.19. The Labute approximate surface area is 232 Å². The molecule has 0 spiro atoms. The number of furan rings is 1. The molecule has 9 heteroatoms. The minimum atomic E-state index is -3.64. The molecule has 2 aromatic heterocycles. The first-order chi connectivity index (χ1) is 19.1. The zero-order chi connectivity index (χ0) is 28.2. The number of aromatic amines is 1. The zero-order valence-corrected chi connectivity index (χ0v) is 23.6. The lowest BCUT2D eigenvalue weighted by Gasteiger charge is -2.25. The van der Waals surface area contributed by atoms with Crippen LogP contribution in [0.15, 0.2) is 65.1 Å². The molecule has 3 aromatic carbocycles. The number of aryl methyl sites for hydroxylation is 2. The molecule has 7 nitrogen and oxygen atoms in total. The summed E-state index contributed by atoms with van der Waals surface area (Å²) in [4.78, 5) is 8.12. The number of sulfonamides is 1. The van der Waals surface area contributed by atoms with E-state index in [0.717, 1.165) is 46.3 Å². The van der Waals surface area contributed by atoms with Crippen molar-refractivity contribution in [3.63, 3.8) is 0 Å². The van der Waals surface area contributed by atoms with Crippen LogP contribution in [-0.2, 0) is 16.6 Å². The number of halogens is 1. The largest absolute Gasteiger partial charge is 0.497 e. The normalized spacial score (nSPS) is 13.6. The molecule has 40 heavy (non-hydrogen) atoms. The van der Waals surface area contributed by atoms with E-state index >= 15 is 0 Å². The van der Waals surface area contributed by atoms with Gasteiger partial charge in [0.25, 0.3) is 0 Å². The number of H-pyrrole nitrogens is 1. The van der Waals surface area contributed by atoms with Gasteiger partial charge in [-0.15, -0.1) is 0 Å². The second-order valence-corrected chi connectivity index (χ2v) is 12.3. The average molecular weight is 560 g/mol. The fraction of sp³-hybridized carbons (Fsp3) is 0.258. The van der Waals surface area contributed by atoms with E-state index in [1.54, 1.807) is 19.2 Å². The Kier molecular flexibility index (Phi) is 6.41. The van der Waals surface area contributed by atoms with Gasteiger partial charge in [0.05, 0.1) is 36.9 Å². The van der Waals surface area contributed by atoms with Gasteiger partial charge in [-0.2, -0.15) is 0 Å². The molecule has 1 N–H and O–H groups in total. The second kappa shape index (κ2) is 9.82. The van der Waals surface area contributed by atoms with Crippen molar-refractivity contribution in [3.8, 4) is 28.5 Å². The van der Waals surface area contributed by atoms with E-state index in [0.29, 0.717) is 34.2 Å². The Morgan fingerprint density at radius 1 is 1.07 bits per heavy atom. The quantitative estimate of drug-likeness (QED) is 0.219. The molecule has 206 valence electrons. The van der Waals surface area contributed by atoms with Crippen LogP contribution in [-0.4, -0.2) is 31.8 Å². The fourth-order valence-electron chi connectivity index (χ4n) is 5.07. The number of fused-ring (bicyclic) bond motifs is 1. The summed E-state index contributed by atoms with van der Waals surface area (Å²) in [5, 5.41) is 0.830. The highest BCUT2D eigenvalue weighted by Gasteiger charge is 2.33. The van der Waals surface area contributed by atoms with Crippen LogP contribution in [0.1, 0.15) is 41.3 Å². The number of rotatable bonds is 8. The number of anilines is 1. The highest BCUT2D eigenvalue weighted by molar-refractivity contribution is 7.92. The van der Waals surface area contributed by atoms with Crippen LogP contribution < -0.4 is 9.04 Å². The summed E-state index contributed by atoms with van der Waals surface area (Å²) in [5.74, 6) is 1.81. The molecule has 0 bridgehead atoms. The van der Waals surface area contributed by atoms with E-state index in [4.69, 9.17) is 14.1 Å². The van der Waals surface area contributed by atoms with E-state index in [1.807, 2.05) is 50.2 Å². The maximum Gasteiger partial charge on any atom is 0.232 e. The topological polar surface area (TPSA) is 88.4 Å². The molecule has 1 fully saturated rings. The first-order valence-corrected chi connectivity index (χ1v) is 15.0. The van der Waals surface area contributed by atoms with Gasteiger partial charge in [0.2, 0.25) is 10.0 Å². The lowest BCUT2D eigenvalue weighted by molar-refractivity contribution is 0.414. The minimum absolute atomic E-state index is 0.170. The molecular formula is C31H30FN3O4S. The summed E-state index contributed by atoms with van der Waals surface area (Å²) < 4.78 is 53.3. The number of nitrogens with zero attached hydrogens (tertiary/aromatic N) is 2. The minimum Gasteiger partial charge on any atom is -0.497 e. The summed E-state index contributed by atoms with van der Waals surface area (Å²) >= 11 is 0. The summed E-state index contributed by atoms with van der Waals surface area (Å²) in [6.45, 7) is 4.07. The van der Waals surface area contributed by atoms with Gasteiger partial charge in [0.15, 0.2) is 0 Å². The van der Waals surface area contributed by atoms with Crippen LogP contribution in [0.25, 0.3) is 33.7 Å². The predicted molar refractivity (Wildman–Crippen MR) is 155 cm³/mol. The van der Waals surface area contributed by atoms with Gasteiger partial charge in [-0.05, 0) is 86.2 Å². The van der Waals surface area contributed by atoms with E-state index < -0.39 is 10.0 Å². The number of methoxy groups -OCH3 is 1. The van der Waals surface area contributed by atoms with Crippen molar-refractivity contribution < 1.29 is 22.0 Å². The standard InChI is InChI=1S/C31H30FN3O4S/c1-18-19(2)34-31(33-18)29-26-15-25(21-7-8-21)27(16-28(26)39-30(29)22-9-11-23(32)12-10-22)35(40(4,36)37)17-20-5-13-24(38-3)14-6-20/h5-6,9-16,21H,7-8,17H2,1-4H3,(H,33,34).